The Morgan fingerprint density at radius 2 is 1.72 bits per heavy atom. The van der Waals surface area contributed by atoms with Gasteiger partial charge in [0.25, 0.3) is 0 Å². The number of hydrogen-bond acceptors (Lipinski definition) is 3. The molecule has 4 rings (SSSR count). The zero-order valence-corrected chi connectivity index (χ0v) is 21.5. The van der Waals surface area contributed by atoms with Gasteiger partial charge in [0.1, 0.15) is 0 Å². The Balaban J connectivity index is 1.49. The Bertz CT molecular complexity index is 1070. The number of rotatable bonds is 2. The molecule has 1 amide bonds. The number of pyridine rings is 1. The van der Waals surface area contributed by atoms with Gasteiger partial charge in [0.05, 0.1) is 0 Å². The number of benzene rings is 1. The second kappa shape index (κ2) is 9.02. The third-order valence-electron chi connectivity index (χ3n) is 6.80. The van der Waals surface area contributed by atoms with Crippen molar-refractivity contribution in [3.05, 3.63) is 58.4 Å². The van der Waals surface area contributed by atoms with E-state index in [1.54, 1.807) is 6.20 Å². The van der Waals surface area contributed by atoms with Crippen LogP contribution in [0.25, 0.3) is 0 Å². The molecular formula is C27H32N2O2Se. The fourth-order valence-electron chi connectivity index (χ4n) is 4.49. The van der Waals surface area contributed by atoms with E-state index in [4.69, 9.17) is 4.74 Å². The van der Waals surface area contributed by atoms with E-state index in [0.29, 0.717) is 37.6 Å². The summed E-state index contributed by atoms with van der Waals surface area (Å²) >= 11 is 0.0563. The Labute approximate surface area is 198 Å². The molecule has 0 saturated carbocycles. The molecule has 0 spiro atoms. The summed E-state index contributed by atoms with van der Waals surface area (Å²) in [6, 6.07) is 8.50. The van der Waals surface area contributed by atoms with Crippen LogP contribution in [0.15, 0.2) is 30.5 Å². The monoisotopic (exact) mass is 496 g/mol. The molecule has 0 N–H and O–H groups in total. The van der Waals surface area contributed by atoms with Gasteiger partial charge in [0.15, 0.2) is 0 Å². The minimum absolute atomic E-state index is 0.0137. The molecular weight excluding hydrogens is 463 g/mol. The molecule has 0 bridgehead atoms. The number of hydrogen-bond donors (Lipinski definition) is 0. The second-order valence-corrected chi connectivity index (χ2v) is 11.9. The molecule has 1 aliphatic carbocycles. The summed E-state index contributed by atoms with van der Waals surface area (Å²) < 4.78 is 6.68. The molecule has 0 atom stereocenters. The fourth-order valence-corrected chi connectivity index (χ4v) is 5.88. The number of carbonyl (C=O) groups is 1. The summed E-state index contributed by atoms with van der Waals surface area (Å²) in [5.74, 6) is 3.22. The van der Waals surface area contributed by atoms with Crippen LogP contribution in [0.5, 0.6) is 0 Å². The average molecular weight is 496 g/mol. The Kier molecular flexibility index (Phi) is 6.50. The molecule has 0 radical (unpaired) electrons. The zero-order valence-electron chi connectivity index (χ0n) is 19.7. The van der Waals surface area contributed by atoms with Crippen molar-refractivity contribution >= 4 is 25.3 Å². The molecule has 1 saturated heterocycles. The molecule has 5 heteroatoms. The van der Waals surface area contributed by atoms with Gasteiger partial charge in [-0.15, -0.1) is 0 Å². The first-order valence-corrected chi connectivity index (χ1v) is 13.1. The third-order valence-corrected chi connectivity index (χ3v) is 8.61. The fraction of sp³-hybridized carbons (Fsp3) is 0.481. The van der Waals surface area contributed by atoms with Crippen LogP contribution >= 0.6 is 0 Å². The van der Waals surface area contributed by atoms with Crippen LogP contribution in [0.2, 0.25) is 0 Å². The molecule has 4 nitrogen and oxygen atoms in total. The van der Waals surface area contributed by atoms with Crippen molar-refractivity contribution in [3.8, 4) is 10.7 Å². The quantitative estimate of drug-likeness (QED) is 0.473. The molecule has 0 unspecified atom stereocenters. The van der Waals surface area contributed by atoms with Gasteiger partial charge in [-0.25, -0.2) is 0 Å². The van der Waals surface area contributed by atoms with Crippen molar-refractivity contribution in [1.29, 1.82) is 0 Å². The van der Waals surface area contributed by atoms with E-state index in [-0.39, 0.29) is 31.7 Å². The normalized spacial score (nSPS) is 19.0. The summed E-state index contributed by atoms with van der Waals surface area (Å²) in [6.45, 7) is 14.1. The number of morpholine rings is 1. The Hall–Kier alpha value is -2.12. The summed E-state index contributed by atoms with van der Waals surface area (Å²) in [7, 11) is 0. The zero-order chi connectivity index (χ0) is 22.9. The summed E-state index contributed by atoms with van der Waals surface area (Å²) in [5, 5.41) is 0. The SMILES string of the molecule is Cc1cc2c(cc1[Se]C#Cc1ccc(C(=O)N3CCOCC3)cn1)C(C)(C)CCC2(C)C. The van der Waals surface area contributed by atoms with Crippen molar-refractivity contribution in [2.45, 2.75) is 58.3 Å². The first-order chi connectivity index (χ1) is 15.2. The average Bonchev–Trinajstić information content (AvgIpc) is 2.78. The van der Waals surface area contributed by atoms with E-state index >= 15 is 0 Å². The summed E-state index contributed by atoms with van der Waals surface area (Å²) in [6.07, 6.45) is 4.09. The van der Waals surface area contributed by atoms with Crippen LogP contribution in [0, 0.1) is 17.7 Å². The van der Waals surface area contributed by atoms with Crippen LogP contribution in [0.3, 0.4) is 0 Å². The number of amides is 1. The van der Waals surface area contributed by atoms with Crippen LogP contribution in [-0.4, -0.2) is 57.1 Å². The van der Waals surface area contributed by atoms with E-state index in [9.17, 15) is 4.79 Å². The maximum atomic E-state index is 12.6. The number of carbonyl (C=O) groups excluding carboxylic acids is 1. The van der Waals surface area contributed by atoms with Crippen molar-refractivity contribution < 1.29 is 9.53 Å². The number of aryl methyl sites for hydroxylation is 1. The molecule has 1 fully saturated rings. The van der Waals surface area contributed by atoms with Gasteiger partial charge in [0.2, 0.25) is 0 Å². The van der Waals surface area contributed by atoms with Gasteiger partial charge in [-0.1, -0.05) is 0 Å². The van der Waals surface area contributed by atoms with Crippen LogP contribution < -0.4 is 4.46 Å². The topological polar surface area (TPSA) is 42.4 Å². The standard InChI is InChI=1S/C27H32N2O2Se/c1-19-16-22-23(27(4,5)10-9-26(22,2)3)17-24(19)32-15-8-21-7-6-20(18-28-21)25(30)29-11-13-31-14-12-29/h6-7,16-18H,9-14H2,1-5H3. The molecule has 168 valence electrons. The van der Waals surface area contributed by atoms with E-state index < -0.39 is 0 Å². The molecule has 32 heavy (non-hydrogen) atoms. The Morgan fingerprint density at radius 1 is 1.06 bits per heavy atom. The number of nitrogens with zero attached hydrogens (tertiary/aromatic N) is 2. The number of aromatic nitrogens is 1. The van der Waals surface area contributed by atoms with Crippen molar-refractivity contribution in [1.82, 2.24) is 9.88 Å². The van der Waals surface area contributed by atoms with Gasteiger partial charge in [-0.05, 0) is 0 Å². The molecule has 1 aromatic carbocycles. The van der Waals surface area contributed by atoms with Crippen LogP contribution in [0.4, 0.5) is 0 Å². The second-order valence-electron chi connectivity index (χ2n) is 10.1. The first-order valence-electron chi connectivity index (χ1n) is 11.3. The molecule has 2 aliphatic rings. The van der Waals surface area contributed by atoms with Gasteiger partial charge < -0.3 is 0 Å². The first kappa shape index (κ1) is 23.1. The van der Waals surface area contributed by atoms with Crippen LogP contribution in [-0.2, 0) is 15.6 Å². The van der Waals surface area contributed by atoms with Gasteiger partial charge >= 0.3 is 198 Å². The van der Waals surface area contributed by atoms with Crippen molar-refractivity contribution in [2.75, 3.05) is 26.3 Å². The summed E-state index contributed by atoms with van der Waals surface area (Å²) in [4.78, 5) is 22.2. The summed E-state index contributed by atoms with van der Waals surface area (Å²) in [5.41, 5.74) is 6.09. The van der Waals surface area contributed by atoms with Gasteiger partial charge in [-0.3, -0.25) is 0 Å². The van der Waals surface area contributed by atoms with E-state index in [2.05, 4.69) is 62.5 Å². The predicted molar refractivity (Wildman–Crippen MR) is 130 cm³/mol. The molecule has 1 aromatic heterocycles. The van der Waals surface area contributed by atoms with Crippen LogP contribution in [0.1, 0.15) is 73.3 Å². The third kappa shape index (κ3) is 4.79. The van der Waals surface area contributed by atoms with Gasteiger partial charge in [-0.2, -0.15) is 0 Å². The number of fused-ring (bicyclic) bond motifs is 1. The van der Waals surface area contributed by atoms with E-state index in [0.717, 1.165) is 0 Å². The van der Waals surface area contributed by atoms with Gasteiger partial charge in [0, 0.05) is 0 Å². The van der Waals surface area contributed by atoms with Crippen molar-refractivity contribution in [2.24, 2.45) is 0 Å². The number of ether oxygens (including phenoxy) is 1. The molecule has 2 aromatic rings. The maximum absolute atomic E-state index is 12.6. The molecule has 2 heterocycles. The Morgan fingerprint density at radius 3 is 2.34 bits per heavy atom. The van der Waals surface area contributed by atoms with Crippen molar-refractivity contribution in [3.63, 3.8) is 0 Å². The minimum atomic E-state index is 0.0137. The predicted octanol–water partition coefficient (Wildman–Crippen LogP) is 3.55. The molecule has 1 aliphatic heterocycles. The van der Waals surface area contributed by atoms with E-state index in [1.807, 2.05) is 17.0 Å². The van der Waals surface area contributed by atoms with E-state index in [1.165, 1.54) is 34.0 Å².